The van der Waals surface area contributed by atoms with Crippen LogP contribution in [0.5, 0.6) is 0 Å². The van der Waals surface area contributed by atoms with E-state index < -0.39 is 0 Å². The van der Waals surface area contributed by atoms with E-state index in [0.717, 1.165) is 12.8 Å². The normalized spacial score (nSPS) is 18.6. The zero-order valence-electron chi connectivity index (χ0n) is 10.6. The van der Waals surface area contributed by atoms with Gasteiger partial charge in [0.15, 0.2) is 0 Å². The van der Waals surface area contributed by atoms with E-state index in [1.54, 1.807) is 7.11 Å². The van der Waals surface area contributed by atoms with Gasteiger partial charge in [0.05, 0.1) is 19.2 Å². The molecule has 4 N–H and O–H groups in total. The smallest absolute Gasteiger partial charge is 0.206 e. The number of hydrogen-bond acceptors (Lipinski definition) is 3. The third-order valence-corrected chi connectivity index (χ3v) is 3.15. The Bertz CT molecular complexity index is 419. The summed E-state index contributed by atoms with van der Waals surface area (Å²) in [4.78, 5) is 4.31. The summed E-state index contributed by atoms with van der Waals surface area (Å²) in [7, 11) is 1.66. The van der Waals surface area contributed by atoms with E-state index >= 15 is 0 Å². The number of methoxy groups -OCH3 is 1. The maximum Gasteiger partial charge on any atom is 0.206 e. The van der Waals surface area contributed by atoms with Gasteiger partial charge in [-0.1, -0.05) is 24.3 Å². The summed E-state index contributed by atoms with van der Waals surface area (Å²) in [5.74, 6) is 6.09. The van der Waals surface area contributed by atoms with Crippen LogP contribution in [0.4, 0.5) is 0 Å². The minimum atomic E-state index is 0.290. The maximum atomic E-state index is 5.47. The fourth-order valence-electron chi connectivity index (χ4n) is 2.25. The fourth-order valence-corrected chi connectivity index (χ4v) is 2.25. The quantitative estimate of drug-likeness (QED) is 0.241. The standard InChI is InChI=1S/C13H20N4O/c1-18-9-8-15-13(17-14)16-12-7-6-10-4-2-3-5-11(10)12/h2-5,12H,6-9,14H2,1H3,(H2,15,16,17). The number of hydrazine groups is 1. The van der Waals surface area contributed by atoms with Gasteiger partial charge < -0.3 is 10.1 Å². The third kappa shape index (κ3) is 3.00. The number of guanidine groups is 1. The molecule has 0 bridgehead atoms. The SMILES string of the molecule is COCCN=C(NN)NC1CCc2ccccc21. The second kappa shape index (κ2) is 6.37. The Morgan fingerprint density at radius 1 is 1.50 bits per heavy atom. The van der Waals surface area contributed by atoms with Gasteiger partial charge in [-0.05, 0) is 24.0 Å². The van der Waals surface area contributed by atoms with Crippen molar-refractivity contribution in [3.8, 4) is 0 Å². The van der Waals surface area contributed by atoms with Gasteiger partial charge in [-0.25, -0.2) is 10.8 Å². The third-order valence-electron chi connectivity index (χ3n) is 3.15. The van der Waals surface area contributed by atoms with Gasteiger partial charge in [0.2, 0.25) is 5.96 Å². The lowest BCUT2D eigenvalue weighted by Gasteiger charge is -2.16. The molecular weight excluding hydrogens is 228 g/mol. The monoisotopic (exact) mass is 248 g/mol. The second-order valence-corrected chi connectivity index (χ2v) is 4.30. The van der Waals surface area contributed by atoms with Crippen LogP contribution >= 0.6 is 0 Å². The Morgan fingerprint density at radius 2 is 2.33 bits per heavy atom. The van der Waals surface area contributed by atoms with Crippen molar-refractivity contribution in [2.24, 2.45) is 10.8 Å². The number of aliphatic imine (C=N–C) groups is 1. The topological polar surface area (TPSA) is 71.7 Å². The minimum absolute atomic E-state index is 0.290. The molecule has 0 spiro atoms. The summed E-state index contributed by atoms with van der Waals surface area (Å²) in [5, 5.41) is 3.34. The molecule has 0 heterocycles. The van der Waals surface area contributed by atoms with Crippen LogP contribution < -0.4 is 16.6 Å². The molecule has 1 aliphatic rings. The summed E-state index contributed by atoms with van der Waals surface area (Å²) in [6.07, 6.45) is 2.17. The van der Waals surface area contributed by atoms with Gasteiger partial charge in [-0.15, -0.1) is 0 Å². The minimum Gasteiger partial charge on any atom is -0.383 e. The number of ether oxygens (including phenoxy) is 1. The van der Waals surface area contributed by atoms with Crippen molar-refractivity contribution in [1.29, 1.82) is 0 Å². The average molecular weight is 248 g/mol. The lowest BCUT2D eigenvalue weighted by molar-refractivity contribution is 0.208. The van der Waals surface area contributed by atoms with E-state index in [-0.39, 0.29) is 0 Å². The van der Waals surface area contributed by atoms with E-state index in [2.05, 4.69) is 40.0 Å². The van der Waals surface area contributed by atoms with Gasteiger partial charge in [0.25, 0.3) is 0 Å². The van der Waals surface area contributed by atoms with Crippen molar-refractivity contribution in [3.63, 3.8) is 0 Å². The molecule has 0 radical (unpaired) electrons. The number of nitrogens with two attached hydrogens (primary N) is 1. The predicted molar refractivity (Wildman–Crippen MR) is 72.1 cm³/mol. The van der Waals surface area contributed by atoms with Gasteiger partial charge in [-0.3, -0.25) is 5.43 Å². The van der Waals surface area contributed by atoms with Crippen LogP contribution in [0.1, 0.15) is 23.6 Å². The molecule has 5 nitrogen and oxygen atoms in total. The molecule has 1 atom stereocenters. The molecule has 0 fully saturated rings. The molecule has 98 valence electrons. The molecule has 2 rings (SSSR count). The van der Waals surface area contributed by atoms with Crippen molar-refractivity contribution >= 4 is 5.96 Å². The highest BCUT2D eigenvalue weighted by atomic mass is 16.5. The number of fused-ring (bicyclic) bond motifs is 1. The van der Waals surface area contributed by atoms with Crippen molar-refractivity contribution in [3.05, 3.63) is 35.4 Å². The first-order valence-electron chi connectivity index (χ1n) is 6.19. The number of nitrogens with zero attached hydrogens (tertiary/aromatic N) is 1. The molecule has 1 aromatic rings. The van der Waals surface area contributed by atoms with E-state index in [0.29, 0.717) is 25.2 Å². The van der Waals surface area contributed by atoms with Crippen LogP contribution in [-0.2, 0) is 11.2 Å². The van der Waals surface area contributed by atoms with Crippen LogP contribution in [0.15, 0.2) is 29.3 Å². The molecule has 0 aromatic heterocycles. The molecule has 0 amide bonds. The Kier molecular flexibility index (Phi) is 4.55. The van der Waals surface area contributed by atoms with Gasteiger partial charge in [0.1, 0.15) is 0 Å². The molecule has 0 aliphatic heterocycles. The van der Waals surface area contributed by atoms with Crippen LogP contribution in [-0.4, -0.2) is 26.2 Å². The highest BCUT2D eigenvalue weighted by Gasteiger charge is 2.22. The molecule has 1 unspecified atom stereocenters. The number of rotatable bonds is 4. The Morgan fingerprint density at radius 3 is 3.11 bits per heavy atom. The summed E-state index contributed by atoms with van der Waals surface area (Å²) in [6.45, 7) is 1.19. The number of benzene rings is 1. The predicted octanol–water partition coefficient (Wildman–Crippen LogP) is 0.729. The zero-order valence-corrected chi connectivity index (χ0v) is 10.6. The second-order valence-electron chi connectivity index (χ2n) is 4.30. The Labute approximate surface area is 107 Å². The summed E-state index contributed by atoms with van der Waals surface area (Å²) >= 11 is 0. The molecule has 1 aliphatic carbocycles. The Balaban J connectivity index is 1.99. The number of nitrogens with one attached hydrogen (secondary N) is 2. The van der Waals surface area contributed by atoms with E-state index in [4.69, 9.17) is 10.6 Å². The van der Waals surface area contributed by atoms with Gasteiger partial charge >= 0.3 is 0 Å². The van der Waals surface area contributed by atoms with E-state index in [1.165, 1.54) is 11.1 Å². The molecular formula is C13H20N4O. The first-order chi connectivity index (χ1) is 8.85. The van der Waals surface area contributed by atoms with Gasteiger partial charge in [0, 0.05) is 7.11 Å². The number of hydrogen-bond donors (Lipinski definition) is 3. The number of aryl methyl sites for hydroxylation is 1. The molecule has 5 heteroatoms. The molecule has 1 aromatic carbocycles. The van der Waals surface area contributed by atoms with Gasteiger partial charge in [-0.2, -0.15) is 0 Å². The zero-order chi connectivity index (χ0) is 12.8. The molecule has 18 heavy (non-hydrogen) atoms. The van der Waals surface area contributed by atoms with Crippen molar-refractivity contribution < 1.29 is 4.74 Å². The van der Waals surface area contributed by atoms with Crippen LogP contribution in [0.3, 0.4) is 0 Å². The highest BCUT2D eigenvalue weighted by molar-refractivity contribution is 5.79. The highest BCUT2D eigenvalue weighted by Crippen LogP contribution is 2.30. The molecule has 0 saturated carbocycles. The summed E-state index contributed by atoms with van der Waals surface area (Å²) < 4.78 is 4.96. The van der Waals surface area contributed by atoms with Crippen molar-refractivity contribution in [2.75, 3.05) is 20.3 Å². The lowest BCUT2D eigenvalue weighted by Crippen LogP contribution is -2.43. The lowest BCUT2D eigenvalue weighted by atomic mass is 10.1. The van der Waals surface area contributed by atoms with Crippen molar-refractivity contribution in [2.45, 2.75) is 18.9 Å². The molecule has 0 saturated heterocycles. The van der Waals surface area contributed by atoms with E-state index in [1.807, 2.05) is 0 Å². The van der Waals surface area contributed by atoms with Crippen LogP contribution in [0.25, 0.3) is 0 Å². The van der Waals surface area contributed by atoms with Crippen LogP contribution in [0, 0.1) is 0 Å². The maximum absolute atomic E-state index is 5.47. The van der Waals surface area contributed by atoms with E-state index in [9.17, 15) is 0 Å². The van der Waals surface area contributed by atoms with Crippen LogP contribution in [0.2, 0.25) is 0 Å². The summed E-state index contributed by atoms with van der Waals surface area (Å²) in [5.41, 5.74) is 5.35. The summed E-state index contributed by atoms with van der Waals surface area (Å²) in [6, 6.07) is 8.77. The first kappa shape index (κ1) is 12.9. The Hall–Kier alpha value is -1.59. The first-order valence-corrected chi connectivity index (χ1v) is 6.19. The fraction of sp³-hybridized carbons (Fsp3) is 0.462. The average Bonchev–Trinajstić information content (AvgIpc) is 2.81. The largest absolute Gasteiger partial charge is 0.383 e. The van der Waals surface area contributed by atoms with Crippen molar-refractivity contribution in [1.82, 2.24) is 10.7 Å².